The van der Waals surface area contributed by atoms with Crippen LogP contribution in [0.4, 0.5) is 0 Å². The molecule has 0 radical (unpaired) electrons. The quantitative estimate of drug-likeness (QED) is 0.739. The van der Waals surface area contributed by atoms with E-state index >= 15 is 0 Å². The van der Waals surface area contributed by atoms with Crippen LogP contribution in [0.1, 0.15) is 52.2 Å². The molecule has 0 aliphatic heterocycles. The molecule has 0 bridgehead atoms. The zero-order valence-electron chi connectivity index (χ0n) is 12.2. The summed E-state index contributed by atoms with van der Waals surface area (Å²) in [4.78, 5) is 0. The first-order valence-electron chi connectivity index (χ1n) is 6.94. The fraction of sp³-hybridized carbons (Fsp3) is 0.625. The largest absolute Gasteiger partial charge is 0.372 e. The van der Waals surface area contributed by atoms with E-state index in [-0.39, 0.29) is 11.6 Å². The van der Waals surface area contributed by atoms with Crippen LogP contribution in [-0.4, -0.2) is 18.7 Å². The van der Waals surface area contributed by atoms with Gasteiger partial charge < -0.3 is 10.1 Å². The van der Waals surface area contributed by atoms with Crippen LogP contribution in [-0.2, 0) is 4.74 Å². The van der Waals surface area contributed by atoms with Crippen LogP contribution >= 0.6 is 0 Å². The second kappa shape index (κ2) is 7.55. The van der Waals surface area contributed by atoms with Gasteiger partial charge in [-0.05, 0) is 32.8 Å². The minimum absolute atomic E-state index is 0.126. The monoisotopic (exact) mass is 249 g/mol. The van der Waals surface area contributed by atoms with Crippen molar-refractivity contribution in [3.8, 4) is 0 Å². The Morgan fingerprint density at radius 2 is 1.83 bits per heavy atom. The third-order valence-electron chi connectivity index (χ3n) is 2.81. The average molecular weight is 249 g/mol. The number of ether oxygens (including phenoxy) is 1. The first kappa shape index (κ1) is 15.2. The molecule has 102 valence electrons. The molecule has 1 aromatic carbocycles. The normalized spacial score (nSPS) is 13.6. The molecule has 0 fully saturated rings. The first-order chi connectivity index (χ1) is 8.53. The van der Waals surface area contributed by atoms with E-state index in [0.717, 1.165) is 19.6 Å². The van der Waals surface area contributed by atoms with Gasteiger partial charge in [-0.2, -0.15) is 0 Å². The number of nitrogens with one attached hydrogen (secondary N) is 1. The van der Waals surface area contributed by atoms with E-state index in [2.05, 4.69) is 57.3 Å². The molecule has 0 amide bonds. The van der Waals surface area contributed by atoms with Gasteiger partial charge in [-0.3, -0.25) is 0 Å². The molecule has 2 nitrogen and oxygen atoms in total. The third-order valence-corrected chi connectivity index (χ3v) is 2.81. The maximum atomic E-state index is 6.00. The second-order valence-corrected chi connectivity index (χ2v) is 5.75. The Bertz CT molecular complexity index is 316. The third kappa shape index (κ3) is 6.18. The van der Waals surface area contributed by atoms with Crippen molar-refractivity contribution < 1.29 is 4.74 Å². The minimum atomic E-state index is 0.126. The van der Waals surface area contributed by atoms with Gasteiger partial charge in [0.15, 0.2) is 0 Å². The van der Waals surface area contributed by atoms with Crippen LogP contribution in [0.5, 0.6) is 0 Å². The van der Waals surface area contributed by atoms with Crippen molar-refractivity contribution in [3.63, 3.8) is 0 Å². The molecule has 0 saturated carbocycles. The summed E-state index contributed by atoms with van der Waals surface area (Å²) < 4.78 is 6.00. The van der Waals surface area contributed by atoms with Crippen LogP contribution in [0.15, 0.2) is 30.3 Å². The number of benzene rings is 1. The Morgan fingerprint density at radius 3 is 2.39 bits per heavy atom. The van der Waals surface area contributed by atoms with E-state index in [9.17, 15) is 0 Å². The van der Waals surface area contributed by atoms with Crippen LogP contribution in [0.3, 0.4) is 0 Å². The van der Waals surface area contributed by atoms with E-state index in [0.29, 0.717) is 0 Å². The highest BCUT2D eigenvalue weighted by Gasteiger charge is 2.15. The molecular weight excluding hydrogens is 222 g/mol. The molecule has 1 rings (SSSR count). The molecule has 0 saturated heterocycles. The zero-order valence-corrected chi connectivity index (χ0v) is 12.2. The lowest BCUT2D eigenvalue weighted by Gasteiger charge is -2.26. The highest BCUT2D eigenvalue weighted by atomic mass is 16.5. The Kier molecular flexibility index (Phi) is 6.37. The summed E-state index contributed by atoms with van der Waals surface area (Å²) in [6, 6.07) is 10.5. The summed E-state index contributed by atoms with van der Waals surface area (Å²) in [7, 11) is 0. The van der Waals surface area contributed by atoms with Crippen LogP contribution in [0.25, 0.3) is 0 Å². The van der Waals surface area contributed by atoms with E-state index in [1.54, 1.807) is 0 Å². The van der Waals surface area contributed by atoms with Crippen LogP contribution in [0, 0.1) is 0 Å². The SMILES string of the molecule is CCCCOC(CNC(C)(C)C)c1ccccc1. The lowest BCUT2D eigenvalue weighted by atomic mass is 10.1. The van der Waals surface area contributed by atoms with Gasteiger partial charge in [0.05, 0.1) is 6.10 Å². The van der Waals surface area contributed by atoms with Crippen LogP contribution < -0.4 is 5.32 Å². The van der Waals surface area contributed by atoms with Gasteiger partial charge in [-0.15, -0.1) is 0 Å². The van der Waals surface area contributed by atoms with Crippen molar-refractivity contribution in [1.82, 2.24) is 5.32 Å². The Morgan fingerprint density at radius 1 is 1.17 bits per heavy atom. The zero-order chi connectivity index (χ0) is 13.4. The molecule has 0 aliphatic carbocycles. The number of rotatable bonds is 7. The van der Waals surface area contributed by atoms with Gasteiger partial charge >= 0.3 is 0 Å². The lowest BCUT2D eigenvalue weighted by Crippen LogP contribution is -2.39. The topological polar surface area (TPSA) is 21.3 Å². The molecule has 0 aromatic heterocycles. The number of hydrogen-bond acceptors (Lipinski definition) is 2. The maximum Gasteiger partial charge on any atom is 0.0949 e. The summed E-state index contributed by atoms with van der Waals surface area (Å²) >= 11 is 0. The summed E-state index contributed by atoms with van der Waals surface area (Å²) in [6.07, 6.45) is 2.45. The van der Waals surface area contributed by atoms with Gasteiger partial charge in [0, 0.05) is 18.7 Å². The molecule has 0 spiro atoms. The van der Waals surface area contributed by atoms with Crippen molar-refractivity contribution in [2.75, 3.05) is 13.2 Å². The van der Waals surface area contributed by atoms with Crippen LogP contribution in [0.2, 0.25) is 0 Å². The van der Waals surface area contributed by atoms with E-state index < -0.39 is 0 Å². The minimum Gasteiger partial charge on any atom is -0.372 e. The molecular formula is C16H27NO. The molecule has 18 heavy (non-hydrogen) atoms. The summed E-state index contributed by atoms with van der Waals surface area (Å²) in [5.41, 5.74) is 1.38. The summed E-state index contributed by atoms with van der Waals surface area (Å²) in [5, 5.41) is 3.52. The van der Waals surface area contributed by atoms with E-state index in [1.165, 1.54) is 12.0 Å². The average Bonchev–Trinajstić information content (AvgIpc) is 2.33. The van der Waals surface area contributed by atoms with E-state index in [4.69, 9.17) is 4.74 Å². The fourth-order valence-corrected chi connectivity index (χ4v) is 1.71. The standard InChI is InChI=1S/C16H27NO/c1-5-6-12-18-15(13-17-16(2,3)4)14-10-8-7-9-11-14/h7-11,15,17H,5-6,12-13H2,1-4H3. The predicted octanol–water partition coefficient (Wildman–Crippen LogP) is 3.93. The van der Waals surface area contributed by atoms with E-state index in [1.807, 2.05) is 6.07 Å². The van der Waals surface area contributed by atoms with Crippen molar-refractivity contribution >= 4 is 0 Å². The van der Waals surface area contributed by atoms with Crippen molar-refractivity contribution in [2.24, 2.45) is 0 Å². The van der Waals surface area contributed by atoms with Gasteiger partial charge in [-0.1, -0.05) is 43.7 Å². The summed E-state index contributed by atoms with van der Waals surface area (Å²) in [6.45, 7) is 10.4. The Hall–Kier alpha value is -0.860. The predicted molar refractivity (Wildman–Crippen MR) is 77.8 cm³/mol. The Labute approximate surface area is 112 Å². The van der Waals surface area contributed by atoms with Crippen molar-refractivity contribution in [2.45, 2.75) is 52.2 Å². The van der Waals surface area contributed by atoms with Gasteiger partial charge in [0.2, 0.25) is 0 Å². The number of unbranched alkanes of at least 4 members (excludes halogenated alkanes) is 1. The first-order valence-corrected chi connectivity index (χ1v) is 6.94. The molecule has 1 unspecified atom stereocenters. The summed E-state index contributed by atoms with van der Waals surface area (Å²) in [5.74, 6) is 0. The lowest BCUT2D eigenvalue weighted by molar-refractivity contribution is 0.0464. The number of hydrogen-bond donors (Lipinski definition) is 1. The van der Waals surface area contributed by atoms with Crippen molar-refractivity contribution in [1.29, 1.82) is 0 Å². The maximum absolute atomic E-state index is 6.00. The molecule has 1 N–H and O–H groups in total. The highest BCUT2D eigenvalue weighted by molar-refractivity contribution is 5.18. The van der Waals surface area contributed by atoms with Gasteiger partial charge in [0.25, 0.3) is 0 Å². The molecule has 1 aromatic rings. The van der Waals surface area contributed by atoms with Gasteiger partial charge in [-0.25, -0.2) is 0 Å². The van der Waals surface area contributed by atoms with Gasteiger partial charge in [0.1, 0.15) is 0 Å². The van der Waals surface area contributed by atoms with Crippen molar-refractivity contribution in [3.05, 3.63) is 35.9 Å². The second-order valence-electron chi connectivity index (χ2n) is 5.75. The fourth-order valence-electron chi connectivity index (χ4n) is 1.71. The smallest absolute Gasteiger partial charge is 0.0949 e. The molecule has 2 heteroatoms. The molecule has 0 heterocycles. The Balaban J connectivity index is 2.58. The highest BCUT2D eigenvalue weighted by Crippen LogP contribution is 2.17. The molecule has 0 aliphatic rings. The molecule has 1 atom stereocenters.